The lowest BCUT2D eigenvalue weighted by Gasteiger charge is -2.07. The normalized spacial score (nSPS) is 10.2. The molecule has 1 heterocycles. The second kappa shape index (κ2) is 11.7. The number of thiophene rings is 1. The molecule has 31 heavy (non-hydrogen) atoms. The van der Waals surface area contributed by atoms with Crippen molar-refractivity contribution in [1.29, 1.82) is 5.26 Å². The summed E-state index contributed by atoms with van der Waals surface area (Å²) in [6, 6.07) is 8.64. The molecule has 0 saturated carbocycles. The largest absolute Gasteiger partial charge is 0.494 e. The lowest BCUT2D eigenvalue weighted by atomic mass is 10.1. The first-order valence-electron chi connectivity index (χ1n) is 9.81. The number of benzene rings is 1. The van der Waals surface area contributed by atoms with Gasteiger partial charge in [-0.3, -0.25) is 9.59 Å². The average molecular weight is 445 g/mol. The van der Waals surface area contributed by atoms with Gasteiger partial charge in [0, 0.05) is 17.5 Å². The molecule has 0 aliphatic carbocycles. The number of nitriles is 1. The van der Waals surface area contributed by atoms with Crippen LogP contribution < -0.4 is 10.5 Å². The Kier molecular flexibility index (Phi) is 9.03. The fourth-order valence-corrected chi connectivity index (χ4v) is 3.57. The summed E-state index contributed by atoms with van der Waals surface area (Å²) in [6.07, 6.45) is 0.719. The van der Waals surface area contributed by atoms with Gasteiger partial charge in [-0.1, -0.05) is 6.92 Å². The molecule has 1 aromatic carbocycles. The fourth-order valence-electron chi connectivity index (χ4n) is 2.65. The smallest absolute Gasteiger partial charge is 0.348 e. The number of carbonyl (C=O) groups is 3. The maximum atomic E-state index is 12.3. The summed E-state index contributed by atoms with van der Waals surface area (Å²) in [4.78, 5) is 36.6. The quantitative estimate of drug-likeness (QED) is 0.408. The first-order chi connectivity index (χ1) is 14.9. The molecule has 0 radical (unpaired) electrons. The van der Waals surface area contributed by atoms with Crippen LogP contribution in [0.1, 0.15) is 64.3 Å². The zero-order chi connectivity index (χ0) is 22.8. The van der Waals surface area contributed by atoms with Gasteiger partial charge in [0.15, 0.2) is 5.78 Å². The van der Waals surface area contributed by atoms with Gasteiger partial charge in [0.05, 0.1) is 25.2 Å². The van der Waals surface area contributed by atoms with Gasteiger partial charge >= 0.3 is 11.9 Å². The number of nitrogen functional groups attached to an aromatic ring is 1. The van der Waals surface area contributed by atoms with Gasteiger partial charge in [-0.15, -0.1) is 11.3 Å². The fraction of sp³-hybridized carbons (Fsp3) is 0.364. The summed E-state index contributed by atoms with van der Waals surface area (Å²) in [6.45, 7) is 4.11. The van der Waals surface area contributed by atoms with Crippen molar-refractivity contribution in [3.63, 3.8) is 0 Å². The van der Waals surface area contributed by atoms with Gasteiger partial charge in [0.2, 0.25) is 0 Å². The molecule has 0 saturated heterocycles. The van der Waals surface area contributed by atoms with Gasteiger partial charge < -0.3 is 19.9 Å². The van der Waals surface area contributed by atoms with Crippen LogP contribution in [-0.2, 0) is 20.9 Å². The van der Waals surface area contributed by atoms with Crippen molar-refractivity contribution in [3.8, 4) is 11.8 Å². The van der Waals surface area contributed by atoms with Crippen LogP contribution in [-0.4, -0.2) is 30.9 Å². The number of hydrogen-bond donors (Lipinski definition) is 1. The van der Waals surface area contributed by atoms with Crippen LogP contribution in [0.2, 0.25) is 0 Å². The molecule has 1 aromatic heterocycles. The lowest BCUT2D eigenvalue weighted by molar-refractivity contribution is -0.144. The number of esters is 2. The number of rotatable bonds is 11. The molecular formula is C22H24N2O6S. The summed E-state index contributed by atoms with van der Waals surface area (Å²) >= 11 is 0.912. The molecule has 0 atom stereocenters. The van der Waals surface area contributed by atoms with Crippen LogP contribution in [0, 0.1) is 11.3 Å². The van der Waals surface area contributed by atoms with E-state index < -0.39 is 11.9 Å². The molecule has 164 valence electrons. The van der Waals surface area contributed by atoms with Crippen LogP contribution in [0.15, 0.2) is 24.3 Å². The Morgan fingerprint density at radius 1 is 1.10 bits per heavy atom. The van der Waals surface area contributed by atoms with Gasteiger partial charge in [-0.2, -0.15) is 5.26 Å². The van der Waals surface area contributed by atoms with E-state index in [0.29, 0.717) is 17.9 Å². The first kappa shape index (κ1) is 23.9. The van der Waals surface area contributed by atoms with E-state index in [-0.39, 0.29) is 52.8 Å². The predicted molar refractivity (Wildman–Crippen MR) is 115 cm³/mol. The highest BCUT2D eigenvalue weighted by molar-refractivity contribution is 7.18. The number of carbonyl (C=O) groups excluding carboxylic acids is 3. The van der Waals surface area contributed by atoms with Crippen LogP contribution in [0.5, 0.6) is 5.75 Å². The molecule has 0 amide bonds. The van der Waals surface area contributed by atoms with Crippen molar-refractivity contribution in [2.45, 2.75) is 39.7 Å². The molecule has 0 unspecified atom stereocenters. The van der Waals surface area contributed by atoms with Crippen LogP contribution in [0.3, 0.4) is 0 Å². The first-order valence-corrected chi connectivity index (χ1v) is 10.6. The summed E-state index contributed by atoms with van der Waals surface area (Å²) in [7, 11) is 0. The Bertz CT molecular complexity index is 975. The summed E-state index contributed by atoms with van der Waals surface area (Å²) in [5.74, 6) is -0.782. The van der Waals surface area contributed by atoms with Crippen molar-refractivity contribution in [2.75, 3.05) is 18.9 Å². The Morgan fingerprint density at radius 3 is 2.42 bits per heavy atom. The Hall–Kier alpha value is -3.38. The standard InChI is InChI=1S/C22H24N2O6S/c1-3-11-29-15-7-5-14(6-8-15)18(25)9-10-19(26)30-13-17-16(12-23)21(24)31-20(17)22(27)28-4-2/h5-8H,3-4,9-11,13,24H2,1-2H3. The Balaban J connectivity index is 1.93. The number of ether oxygens (including phenoxy) is 3. The van der Waals surface area contributed by atoms with Gasteiger partial charge in [-0.05, 0) is 37.6 Å². The van der Waals surface area contributed by atoms with Gasteiger partial charge in [0.1, 0.15) is 28.3 Å². The van der Waals surface area contributed by atoms with E-state index in [9.17, 15) is 19.6 Å². The summed E-state index contributed by atoms with van der Waals surface area (Å²) in [5.41, 5.74) is 6.56. The van der Waals surface area contributed by atoms with E-state index >= 15 is 0 Å². The Morgan fingerprint density at radius 2 is 1.81 bits per heavy atom. The van der Waals surface area contributed by atoms with E-state index in [1.807, 2.05) is 13.0 Å². The van der Waals surface area contributed by atoms with E-state index in [0.717, 1.165) is 17.8 Å². The van der Waals surface area contributed by atoms with Crippen LogP contribution >= 0.6 is 11.3 Å². The minimum atomic E-state index is -0.631. The molecule has 2 rings (SSSR count). The summed E-state index contributed by atoms with van der Waals surface area (Å²) < 4.78 is 15.6. The highest BCUT2D eigenvalue weighted by atomic mass is 32.1. The van der Waals surface area contributed by atoms with Crippen LogP contribution in [0.4, 0.5) is 5.00 Å². The number of Topliss-reactive ketones (excluding diaryl/α,β-unsaturated/α-hetero) is 1. The second-order valence-electron chi connectivity index (χ2n) is 6.44. The minimum absolute atomic E-state index is 0.0321. The monoisotopic (exact) mass is 444 g/mol. The molecule has 0 aliphatic heterocycles. The van der Waals surface area contributed by atoms with Gasteiger partial charge in [-0.25, -0.2) is 4.79 Å². The summed E-state index contributed by atoms with van der Waals surface area (Å²) in [5, 5.41) is 9.44. The molecule has 0 aliphatic rings. The third kappa shape index (κ3) is 6.55. The van der Waals surface area contributed by atoms with E-state index in [1.165, 1.54) is 0 Å². The van der Waals surface area contributed by atoms with Crippen molar-refractivity contribution in [2.24, 2.45) is 0 Å². The van der Waals surface area contributed by atoms with Crippen molar-refractivity contribution in [1.82, 2.24) is 0 Å². The zero-order valence-corrected chi connectivity index (χ0v) is 18.3. The SMILES string of the molecule is CCCOc1ccc(C(=O)CCC(=O)OCc2c(C(=O)OCC)sc(N)c2C#N)cc1. The third-order valence-electron chi connectivity index (χ3n) is 4.19. The molecule has 0 spiro atoms. The molecular weight excluding hydrogens is 420 g/mol. The number of nitrogens with two attached hydrogens (primary N) is 1. The highest BCUT2D eigenvalue weighted by Crippen LogP contribution is 2.32. The number of anilines is 1. The number of ketones is 1. The topological polar surface area (TPSA) is 129 Å². The molecule has 0 bridgehead atoms. The van der Waals surface area contributed by atoms with E-state index in [4.69, 9.17) is 19.9 Å². The van der Waals surface area contributed by atoms with Crippen molar-refractivity contribution < 1.29 is 28.6 Å². The number of hydrogen-bond acceptors (Lipinski definition) is 9. The maximum Gasteiger partial charge on any atom is 0.348 e. The molecule has 0 fully saturated rings. The molecule has 2 N–H and O–H groups in total. The van der Waals surface area contributed by atoms with Crippen LogP contribution in [0.25, 0.3) is 0 Å². The van der Waals surface area contributed by atoms with E-state index in [2.05, 4.69) is 0 Å². The second-order valence-corrected chi connectivity index (χ2v) is 7.49. The molecule has 8 nitrogen and oxygen atoms in total. The lowest BCUT2D eigenvalue weighted by Crippen LogP contribution is -2.11. The highest BCUT2D eigenvalue weighted by Gasteiger charge is 2.24. The minimum Gasteiger partial charge on any atom is -0.494 e. The van der Waals surface area contributed by atoms with Crippen molar-refractivity contribution >= 4 is 34.1 Å². The van der Waals surface area contributed by atoms with Crippen molar-refractivity contribution in [3.05, 3.63) is 45.8 Å². The third-order valence-corrected chi connectivity index (χ3v) is 5.23. The molecule has 2 aromatic rings. The average Bonchev–Trinajstić information content (AvgIpc) is 3.10. The Labute approximate surface area is 184 Å². The number of nitrogens with zero attached hydrogens (tertiary/aromatic N) is 1. The van der Waals surface area contributed by atoms with E-state index in [1.54, 1.807) is 31.2 Å². The maximum absolute atomic E-state index is 12.3. The van der Waals surface area contributed by atoms with Gasteiger partial charge in [0.25, 0.3) is 0 Å². The zero-order valence-electron chi connectivity index (χ0n) is 17.4. The predicted octanol–water partition coefficient (Wildman–Crippen LogP) is 3.87. The molecule has 9 heteroatoms.